The lowest BCUT2D eigenvalue weighted by Crippen LogP contribution is -2.14. The number of hydrogen-bond acceptors (Lipinski definition) is 4. The summed E-state index contributed by atoms with van der Waals surface area (Å²) < 4.78 is 6.69. The summed E-state index contributed by atoms with van der Waals surface area (Å²) in [5, 5.41) is 3.31. The van der Waals surface area contributed by atoms with Gasteiger partial charge in [0.25, 0.3) is 0 Å². The van der Waals surface area contributed by atoms with Crippen LogP contribution < -0.4 is 10.1 Å². The number of aryl methyl sites for hydroxylation is 1. The average molecular weight is 336 g/mol. The number of ether oxygens (including phenoxy) is 1. The Kier molecular flexibility index (Phi) is 5.49. The number of benzene rings is 1. The Bertz CT molecular complexity index is 558. The van der Waals surface area contributed by atoms with Crippen LogP contribution in [-0.4, -0.2) is 16.5 Å². The first-order valence-corrected chi connectivity index (χ1v) is 7.44. The molecule has 0 aliphatic rings. The van der Waals surface area contributed by atoms with E-state index in [0.717, 1.165) is 40.9 Å². The molecular weight excluding hydrogens is 318 g/mol. The topological polar surface area (TPSA) is 47.0 Å². The van der Waals surface area contributed by atoms with Crippen molar-refractivity contribution in [2.75, 3.05) is 6.54 Å². The second-order valence-corrected chi connectivity index (χ2v) is 5.42. The van der Waals surface area contributed by atoms with E-state index in [1.807, 2.05) is 25.1 Å². The molecule has 2 rings (SSSR count). The fraction of sp³-hybridized carbons (Fsp3) is 0.333. The first kappa shape index (κ1) is 14.9. The van der Waals surface area contributed by atoms with Gasteiger partial charge in [0.1, 0.15) is 5.75 Å². The van der Waals surface area contributed by atoms with Gasteiger partial charge >= 0.3 is 6.01 Å². The zero-order valence-corrected chi connectivity index (χ0v) is 13.3. The van der Waals surface area contributed by atoms with Crippen molar-refractivity contribution in [3.63, 3.8) is 0 Å². The van der Waals surface area contributed by atoms with Crippen LogP contribution in [-0.2, 0) is 6.54 Å². The standard InChI is InChI=1S/C15H18BrN3O/c1-3-6-17-8-12-9-18-15(19-10-12)20-13-4-5-14(16)11(2)7-13/h4-5,7,9-10,17H,3,6,8H2,1-2H3. The molecule has 20 heavy (non-hydrogen) atoms. The highest BCUT2D eigenvalue weighted by Gasteiger charge is 2.03. The predicted octanol–water partition coefficient (Wildman–Crippen LogP) is 3.84. The Morgan fingerprint density at radius 1 is 1.25 bits per heavy atom. The summed E-state index contributed by atoms with van der Waals surface area (Å²) >= 11 is 3.46. The fourth-order valence-corrected chi connectivity index (χ4v) is 1.93. The maximum atomic E-state index is 5.63. The van der Waals surface area contributed by atoms with E-state index in [-0.39, 0.29) is 0 Å². The summed E-state index contributed by atoms with van der Waals surface area (Å²) in [6, 6.07) is 6.15. The molecule has 1 aromatic carbocycles. The van der Waals surface area contributed by atoms with E-state index in [4.69, 9.17) is 4.74 Å². The number of halogens is 1. The number of hydrogen-bond donors (Lipinski definition) is 1. The van der Waals surface area contributed by atoms with Crippen LogP contribution in [0.25, 0.3) is 0 Å². The van der Waals surface area contributed by atoms with Crippen molar-refractivity contribution >= 4 is 15.9 Å². The van der Waals surface area contributed by atoms with Gasteiger partial charge in [-0.25, -0.2) is 9.97 Å². The van der Waals surface area contributed by atoms with Crippen molar-refractivity contribution < 1.29 is 4.74 Å². The number of nitrogens with zero attached hydrogens (tertiary/aromatic N) is 2. The summed E-state index contributed by atoms with van der Waals surface area (Å²) in [5.41, 5.74) is 2.17. The van der Waals surface area contributed by atoms with Crippen LogP contribution in [0.3, 0.4) is 0 Å². The van der Waals surface area contributed by atoms with Crippen molar-refractivity contribution in [2.45, 2.75) is 26.8 Å². The van der Waals surface area contributed by atoms with Crippen LogP contribution in [0.5, 0.6) is 11.8 Å². The first-order valence-electron chi connectivity index (χ1n) is 6.64. The molecule has 1 aromatic heterocycles. The molecule has 1 N–H and O–H groups in total. The Morgan fingerprint density at radius 3 is 2.65 bits per heavy atom. The average Bonchev–Trinajstić information content (AvgIpc) is 2.45. The predicted molar refractivity (Wildman–Crippen MR) is 83.0 cm³/mol. The maximum Gasteiger partial charge on any atom is 0.321 e. The molecule has 106 valence electrons. The van der Waals surface area contributed by atoms with Gasteiger partial charge in [-0.1, -0.05) is 22.9 Å². The maximum absolute atomic E-state index is 5.63. The van der Waals surface area contributed by atoms with Crippen molar-refractivity contribution in [3.8, 4) is 11.8 Å². The Labute approximate surface area is 127 Å². The molecule has 0 bridgehead atoms. The molecule has 0 fully saturated rings. The van der Waals surface area contributed by atoms with Gasteiger partial charge in [-0.2, -0.15) is 0 Å². The van der Waals surface area contributed by atoms with Crippen molar-refractivity contribution in [3.05, 3.63) is 46.2 Å². The third-order valence-electron chi connectivity index (χ3n) is 2.78. The third kappa shape index (κ3) is 4.28. The van der Waals surface area contributed by atoms with Crippen molar-refractivity contribution in [2.24, 2.45) is 0 Å². The second kappa shape index (κ2) is 7.36. The Morgan fingerprint density at radius 2 is 2.00 bits per heavy atom. The van der Waals surface area contributed by atoms with Crippen LogP contribution in [0, 0.1) is 6.92 Å². The van der Waals surface area contributed by atoms with E-state index in [9.17, 15) is 0 Å². The quantitative estimate of drug-likeness (QED) is 0.814. The summed E-state index contributed by atoms with van der Waals surface area (Å²) in [4.78, 5) is 8.44. The zero-order valence-electron chi connectivity index (χ0n) is 11.7. The molecule has 0 unspecified atom stereocenters. The summed E-state index contributed by atoms with van der Waals surface area (Å²) in [7, 11) is 0. The summed E-state index contributed by atoms with van der Waals surface area (Å²) in [5.74, 6) is 0.738. The minimum Gasteiger partial charge on any atom is -0.424 e. The van der Waals surface area contributed by atoms with Crippen molar-refractivity contribution in [1.82, 2.24) is 15.3 Å². The lowest BCUT2D eigenvalue weighted by atomic mass is 10.2. The van der Waals surface area contributed by atoms with Gasteiger partial charge in [0, 0.05) is 29.0 Å². The van der Waals surface area contributed by atoms with Crippen LogP contribution in [0.1, 0.15) is 24.5 Å². The summed E-state index contributed by atoms with van der Waals surface area (Å²) in [6.07, 6.45) is 4.69. The first-order chi connectivity index (χ1) is 9.69. The zero-order chi connectivity index (χ0) is 14.4. The van der Waals surface area contributed by atoms with E-state index in [1.165, 1.54) is 0 Å². The smallest absolute Gasteiger partial charge is 0.321 e. The molecule has 1 heterocycles. The highest BCUT2D eigenvalue weighted by Crippen LogP contribution is 2.24. The van der Waals surface area contributed by atoms with Gasteiger partial charge in [-0.05, 0) is 43.7 Å². The van der Waals surface area contributed by atoms with E-state index < -0.39 is 0 Å². The van der Waals surface area contributed by atoms with E-state index >= 15 is 0 Å². The second-order valence-electron chi connectivity index (χ2n) is 4.56. The monoisotopic (exact) mass is 335 g/mol. The van der Waals surface area contributed by atoms with Crippen molar-refractivity contribution in [1.29, 1.82) is 0 Å². The Hall–Kier alpha value is -1.46. The van der Waals surface area contributed by atoms with Crippen LogP contribution in [0.15, 0.2) is 35.1 Å². The fourth-order valence-electron chi connectivity index (χ4n) is 1.68. The minimum atomic E-state index is 0.367. The molecule has 0 saturated heterocycles. The lowest BCUT2D eigenvalue weighted by Gasteiger charge is -2.06. The normalized spacial score (nSPS) is 10.6. The van der Waals surface area contributed by atoms with Gasteiger partial charge in [0.15, 0.2) is 0 Å². The van der Waals surface area contributed by atoms with Gasteiger partial charge < -0.3 is 10.1 Å². The van der Waals surface area contributed by atoms with Crippen LogP contribution in [0.2, 0.25) is 0 Å². The largest absolute Gasteiger partial charge is 0.424 e. The van der Waals surface area contributed by atoms with Gasteiger partial charge in [-0.15, -0.1) is 0 Å². The van der Waals surface area contributed by atoms with E-state index in [0.29, 0.717) is 6.01 Å². The Balaban J connectivity index is 1.97. The molecule has 2 aromatic rings. The molecule has 0 amide bonds. The highest BCUT2D eigenvalue weighted by molar-refractivity contribution is 9.10. The van der Waals surface area contributed by atoms with E-state index in [1.54, 1.807) is 12.4 Å². The molecule has 0 aliphatic heterocycles. The number of nitrogens with one attached hydrogen (secondary N) is 1. The molecule has 0 radical (unpaired) electrons. The number of aromatic nitrogens is 2. The molecule has 0 aliphatic carbocycles. The molecule has 4 nitrogen and oxygen atoms in total. The van der Waals surface area contributed by atoms with Gasteiger partial charge in [0.2, 0.25) is 0 Å². The van der Waals surface area contributed by atoms with Gasteiger partial charge in [0.05, 0.1) is 0 Å². The minimum absolute atomic E-state index is 0.367. The SMILES string of the molecule is CCCNCc1cnc(Oc2ccc(Br)c(C)c2)nc1. The van der Waals surface area contributed by atoms with Crippen LogP contribution in [0.4, 0.5) is 0 Å². The molecule has 0 saturated carbocycles. The van der Waals surface area contributed by atoms with Crippen LogP contribution >= 0.6 is 15.9 Å². The molecule has 0 atom stereocenters. The lowest BCUT2D eigenvalue weighted by molar-refractivity contribution is 0.440. The van der Waals surface area contributed by atoms with Gasteiger partial charge in [-0.3, -0.25) is 0 Å². The molecular formula is C15H18BrN3O. The summed E-state index contributed by atoms with van der Waals surface area (Å²) in [6.45, 7) is 5.93. The third-order valence-corrected chi connectivity index (χ3v) is 3.67. The molecule has 0 spiro atoms. The highest BCUT2D eigenvalue weighted by atomic mass is 79.9. The number of rotatable bonds is 6. The van der Waals surface area contributed by atoms with E-state index in [2.05, 4.69) is 38.1 Å². The molecule has 5 heteroatoms.